The Labute approximate surface area is 202 Å². The Balaban J connectivity index is 2.31. The van der Waals surface area contributed by atoms with E-state index in [-0.39, 0.29) is 18.2 Å². The zero-order chi connectivity index (χ0) is 25.4. The molecule has 0 aromatic carbocycles. The first-order valence-electron chi connectivity index (χ1n) is 11.7. The van der Waals surface area contributed by atoms with Crippen molar-refractivity contribution in [3.05, 3.63) is 0 Å². The highest BCUT2D eigenvalue weighted by Gasteiger charge is 2.56. The van der Waals surface area contributed by atoms with Crippen LogP contribution in [0.3, 0.4) is 0 Å². The van der Waals surface area contributed by atoms with E-state index in [1.165, 1.54) is 0 Å². The van der Waals surface area contributed by atoms with Crippen molar-refractivity contribution in [2.24, 2.45) is 5.41 Å². The van der Waals surface area contributed by atoms with Gasteiger partial charge in [-0.05, 0) is 68.7 Å². The molecule has 33 heavy (non-hydrogen) atoms. The van der Waals surface area contributed by atoms with Crippen LogP contribution in [0.15, 0.2) is 0 Å². The largest absolute Gasteiger partial charge is 0.459 e. The van der Waals surface area contributed by atoms with E-state index in [4.69, 9.17) is 9.47 Å². The summed E-state index contributed by atoms with van der Waals surface area (Å²) < 4.78 is 11.8. The van der Waals surface area contributed by atoms with Crippen molar-refractivity contribution in [3.8, 4) is 0 Å². The molecule has 0 saturated carbocycles. The van der Waals surface area contributed by atoms with E-state index in [0.29, 0.717) is 26.1 Å². The SMILES string of the molecule is C[C@@H](O)CC(=O)N1CCSC12CCN(C(=O)C(C)(C(=O)OC(C)(C)C)[C@@H](C)OC(C)(C)C)C2. The topological polar surface area (TPSA) is 96.4 Å². The van der Waals surface area contributed by atoms with Crippen molar-refractivity contribution >= 4 is 29.5 Å². The maximum atomic E-state index is 13.9. The Morgan fingerprint density at radius 1 is 1.03 bits per heavy atom. The molecule has 2 unspecified atom stereocenters. The molecule has 9 heteroatoms. The highest BCUT2D eigenvalue weighted by molar-refractivity contribution is 8.00. The third kappa shape index (κ3) is 6.42. The highest BCUT2D eigenvalue weighted by atomic mass is 32.2. The van der Waals surface area contributed by atoms with Crippen molar-refractivity contribution < 1.29 is 29.0 Å². The van der Waals surface area contributed by atoms with Crippen LogP contribution in [0.1, 0.15) is 75.2 Å². The van der Waals surface area contributed by atoms with Crippen molar-refractivity contribution in [2.45, 2.75) is 103 Å². The first-order chi connectivity index (χ1) is 14.9. The van der Waals surface area contributed by atoms with Crippen LogP contribution in [-0.2, 0) is 23.9 Å². The molecule has 1 spiro atoms. The molecule has 1 N–H and O–H groups in total. The summed E-state index contributed by atoms with van der Waals surface area (Å²) in [6.07, 6.45) is -0.762. The number of nitrogens with zero attached hydrogens (tertiary/aromatic N) is 2. The lowest BCUT2D eigenvalue weighted by Gasteiger charge is -2.40. The number of esters is 1. The van der Waals surface area contributed by atoms with Crippen LogP contribution in [-0.4, -0.2) is 86.4 Å². The quantitative estimate of drug-likeness (QED) is 0.455. The maximum Gasteiger partial charge on any atom is 0.324 e. The Morgan fingerprint density at radius 3 is 2.15 bits per heavy atom. The molecule has 0 bridgehead atoms. The van der Waals surface area contributed by atoms with Gasteiger partial charge in [0.25, 0.3) is 0 Å². The molecule has 0 radical (unpaired) electrons. The number of aliphatic hydroxyl groups is 1. The average molecular weight is 487 g/mol. The van der Waals surface area contributed by atoms with E-state index in [2.05, 4.69) is 0 Å². The predicted molar refractivity (Wildman–Crippen MR) is 129 cm³/mol. The summed E-state index contributed by atoms with van der Waals surface area (Å²) in [5, 5.41) is 9.68. The third-order valence-electron chi connectivity index (χ3n) is 6.06. The number of ether oxygens (including phenoxy) is 2. The van der Waals surface area contributed by atoms with Gasteiger partial charge in [-0.2, -0.15) is 0 Å². The van der Waals surface area contributed by atoms with Crippen LogP contribution in [0.25, 0.3) is 0 Å². The van der Waals surface area contributed by atoms with Gasteiger partial charge >= 0.3 is 5.97 Å². The number of hydrogen-bond donors (Lipinski definition) is 1. The number of rotatable bonds is 6. The van der Waals surface area contributed by atoms with Crippen LogP contribution >= 0.6 is 11.8 Å². The number of aliphatic hydroxyl groups excluding tert-OH is 1. The molecule has 4 atom stereocenters. The molecule has 0 aromatic rings. The first kappa shape index (κ1) is 27.9. The van der Waals surface area contributed by atoms with E-state index in [1.807, 2.05) is 20.8 Å². The zero-order valence-electron chi connectivity index (χ0n) is 21.7. The lowest BCUT2D eigenvalue weighted by atomic mass is 9.82. The second-order valence-electron chi connectivity index (χ2n) is 11.4. The van der Waals surface area contributed by atoms with Crippen molar-refractivity contribution in [2.75, 3.05) is 25.4 Å². The molecule has 2 heterocycles. The standard InChI is InChI=1S/C24H42N2O6S/c1-16(27)14-18(28)26-12-13-33-24(26)10-11-25(15-24)19(29)23(9,17(2)31-21(3,4)5)20(30)32-22(6,7)8/h16-17,27H,10-15H2,1-9H3/t16-,17-,23?,24?/m1/s1. The molecular weight excluding hydrogens is 444 g/mol. The molecule has 2 aliphatic rings. The monoisotopic (exact) mass is 486 g/mol. The molecule has 2 fully saturated rings. The summed E-state index contributed by atoms with van der Waals surface area (Å²) in [5.41, 5.74) is -2.84. The average Bonchev–Trinajstić information content (AvgIpc) is 3.24. The van der Waals surface area contributed by atoms with E-state index in [0.717, 1.165) is 5.75 Å². The predicted octanol–water partition coefficient (Wildman–Crippen LogP) is 2.81. The lowest BCUT2D eigenvalue weighted by Crippen LogP contribution is -2.57. The molecule has 2 aliphatic heterocycles. The van der Waals surface area contributed by atoms with Gasteiger partial charge in [0.2, 0.25) is 11.8 Å². The summed E-state index contributed by atoms with van der Waals surface area (Å²) in [5.74, 6) is -0.288. The van der Waals surface area contributed by atoms with Crippen molar-refractivity contribution in [3.63, 3.8) is 0 Å². The summed E-state index contributed by atoms with van der Waals surface area (Å²) in [4.78, 5) is 43.0. The minimum atomic E-state index is -1.54. The summed E-state index contributed by atoms with van der Waals surface area (Å²) >= 11 is 1.67. The van der Waals surface area contributed by atoms with Crippen LogP contribution in [0.5, 0.6) is 0 Å². The normalized spacial score (nSPS) is 25.2. The minimum absolute atomic E-state index is 0.0579. The van der Waals surface area contributed by atoms with Crippen molar-refractivity contribution in [1.29, 1.82) is 0 Å². The molecule has 0 aliphatic carbocycles. The Kier molecular flexibility index (Phi) is 8.24. The smallest absolute Gasteiger partial charge is 0.324 e. The molecule has 8 nitrogen and oxygen atoms in total. The number of thioether (sulfide) groups is 1. The van der Waals surface area contributed by atoms with Gasteiger partial charge in [-0.25, -0.2) is 0 Å². The molecule has 2 saturated heterocycles. The highest BCUT2D eigenvalue weighted by Crippen LogP contribution is 2.45. The molecular formula is C24H42N2O6S. The van der Waals surface area contributed by atoms with E-state index < -0.39 is 39.7 Å². The first-order valence-corrected chi connectivity index (χ1v) is 12.7. The fourth-order valence-electron chi connectivity index (χ4n) is 4.39. The summed E-state index contributed by atoms with van der Waals surface area (Å²) in [6, 6.07) is 0. The fourth-order valence-corrected chi connectivity index (χ4v) is 5.87. The van der Waals surface area contributed by atoms with Gasteiger partial charge in [-0.1, -0.05) is 0 Å². The third-order valence-corrected chi connectivity index (χ3v) is 7.53. The number of likely N-dealkylation sites (tertiary alicyclic amines) is 1. The molecule has 2 amide bonds. The second kappa shape index (κ2) is 9.74. The minimum Gasteiger partial charge on any atom is -0.459 e. The van der Waals surface area contributed by atoms with Gasteiger partial charge < -0.3 is 24.4 Å². The summed E-state index contributed by atoms with van der Waals surface area (Å²) in [6.45, 7) is 17.3. The van der Waals surface area contributed by atoms with E-state index >= 15 is 0 Å². The van der Waals surface area contributed by atoms with Crippen LogP contribution in [0.4, 0.5) is 0 Å². The van der Waals surface area contributed by atoms with E-state index in [1.54, 1.807) is 63.1 Å². The van der Waals surface area contributed by atoms with Crippen LogP contribution < -0.4 is 0 Å². The fraction of sp³-hybridized carbons (Fsp3) is 0.875. The van der Waals surface area contributed by atoms with Gasteiger partial charge in [-0.15, -0.1) is 11.8 Å². The number of amides is 2. The lowest BCUT2D eigenvalue weighted by molar-refractivity contribution is -0.189. The molecule has 0 aromatic heterocycles. The van der Waals surface area contributed by atoms with Gasteiger partial charge in [0.15, 0.2) is 5.41 Å². The van der Waals surface area contributed by atoms with Gasteiger partial charge in [0, 0.05) is 18.8 Å². The van der Waals surface area contributed by atoms with Crippen molar-refractivity contribution in [1.82, 2.24) is 9.80 Å². The number of hydrogen-bond acceptors (Lipinski definition) is 7. The Morgan fingerprint density at radius 2 is 1.64 bits per heavy atom. The Bertz CT molecular complexity index is 759. The maximum absolute atomic E-state index is 13.9. The van der Waals surface area contributed by atoms with Gasteiger partial charge in [-0.3, -0.25) is 14.4 Å². The van der Waals surface area contributed by atoms with E-state index in [9.17, 15) is 19.5 Å². The molecule has 2 rings (SSSR count). The number of carbonyl (C=O) groups excluding carboxylic acids is 3. The number of carbonyl (C=O) groups is 3. The summed E-state index contributed by atoms with van der Waals surface area (Å²) in [7, 11) is 0. The second-order valence-corrected chi connectivity index (χ2v) is 12.9. The van der Waals surface area contributed by atoms with Crippen LogP contribution in [0.2, 0.25) is 0 Å². The Hall–Kier alpha value is -1.32. The molecule has 190 valence electrons. The van der Waals surface area contributed by atoms with Gasteiger partial charge in [0.05, 0.1) is 30.8 Å². The zero-order valence-corrected chi connectivity index (χ0v) is 22.5. The van der Waals surface area contributed by atoms with Crippen LogP contribution in [0, 0.1) is 5.41 Å². The van der Waals surface area contributed by atoms with Gasteiger partial charge in [0.1, 0.15) is 10.5 Å².